The molecule has 1 N–H and O–H groups in total. The van der Waals surface area contributed by atoms with Crippen LogP contribution in [0.1, 0.15) is 20.3 Å². The van der Waals surface area contributed by atoms with Crippen LogP contribution in [0.25, 0.3) is 0 Å². The predicted octanol–water partition coefficient (Wildman–Crippen LogP) is 3.47. The average molecular weight is 326 g/mol. The highest BCUT2D eigenvalue weighted by Gasteiger charge is 2.24. The van der Waals surface area contributed by atoms with Gasteiger partial charge in [-0.15, -0.1) is 0 Å². The van der Waals surface area contributed by atoms with Gasteiger partial charge in [0.1, 0.15) is 0 Å². The predicted molar refractivity (Wildman–Crippen MR) is 77.9 cm³/mol. The topological polar surface area (TPSA) is 66.7 Å². The number of carbonyl (C=O) groups is 2. The van der Waals surface area contributed by atoms with Gasteiger partial charge in [0.2, 0.25) is 0 Å². The van der Waals surface area contributed by atoms with Gasteiger partial charge in [0.25, 0.3) is 0 Å². The fraction of sp³-hybridized carbons (Fsp3) is 0.357. The molecule has 5 heteroatoms. The molecule has 1 aromatic rings. The molecular formula is C14H16BrNO3. The maximum atomic E-state index is 11.8. The SMILES string of the molecule is CC(C)CC(=O)C(C=Nc1ccc(Br)cc1)C(=O)O. The Morgan fingerprint density at radius 2 is 1.89 bits per heavy atom. The maximum absolute atomic E-state index is 11.8. The molecule has 0 heterocycles. The van der Waals surface area contributed by atoms with Crippen LogP contribution in [-0.2, 0) is 9.59 Å². The zero-order valence-electron chi connectivity index (χ0n) is 10.8. The fourth-order valence-electron chi connectivity index (χ4n) is 1.50. The molecule has 0 saturated carbocycles. The smallest absolute Gasteiger partial charge is 0.319 e. The summed E-state index contributed by atoms with van der Waals surface area (Å²) in [5, 5.41) is 9.06. The number of hydrogen-bond acceptors (Lipinski definition) is 3. The molecule has 0 aliphatic heterocycles. The van der Waals surface area contributed by atoms with Gasteiger partial charge in [-0.05, 0) is 30.2 Å². The number of carbonyl (C=O) groups excluding carboxylic acids is 1. The lowest BCUT2D eigenvalue weighted by Gasteiger charge is -2.08. The Morgan fingerprint density at radius 1 is 1.32 bits per heavy atom. The Labute approximate surface area is 120 Å². The van der Waals surface area contributed by atoms with Crippen LogP contribution >= 0.6 is 15.9 Å². The Balaban J connectivity index is 2.81. The summed E-state index contributed by atoms with van der Waals surface area (Å²) in [5.74, 6) is -2.52. The highest BCUT2D eigenvalue weighted by Crippen LogP contribution is 2.17. The molecule has 19 heavy (non-hydrogen) atoms. The summed E-state index contributed by atoms with van der Waals surface area (Å²) in [4.78, 5) is 26.9. The number of carboxylic acids is 1. The molecule has 0 saturated heterocycles. The number of Topliss-reactive ketones (excluding diaryl/α,β-unsaturated/α-hetero) is 1. The van der Waals surface area contributed by atoms with Gasteiger partial charge in [-0.3, -0.25) is 14.6 Å². The van der Waals surface area contributed by atoms with Crippen LogP contribution in [0.15, 0.2) is 33.7 Å². The van der Waals surface area contributed by atoms with E-state index in [4.69, 9.17) is 5.11 Å². The van der Waals surface area contributed by atoms with E-state index in [1.165, 1.54) is 6.21 Å². The molecule has 0 aliphatic rings. The minimum absolute atomic E-state index is 0.135. The average Bonchev–Trinajstić information content (AvgIpc) is 2.30. The van der Waals surface area contributed by atoms with Crippen molar-refractivity contribution < 1.29 is 14.7 Å². The third kappa shape index (κ3) is 5.34. The summed E-state index contributed by atoms with van der Waals surface area (Å²) in [6.07, 6.45) is 1.44. The molecule has 0 spiro atoms. The number of carboxylic acid groups (broad SMARTS) is 1. The van der Waals surface area contributed by atoms with Crippen molar-refractivity contribution in [2.45, 2.75) is 20.3 Å². The molecule has 0 bridgehead atoms. The van der Waals surface area contributed by atoms with Gasteiger partial charge >= 0.3 is 5.97 Å². The van der Waals surface area contributed by atoms with Crippen molar-refractivity contribution in [3.63, 3.8) is 0 Å². The monoisotopic (exact) mass is 325 g/mol. The standard InChI is InChI=1S/C14H16BrNO3/c1-9(2)7-13(17)12(14(18)19)8-16-11-5-3-10(15)4-6-11/h3-6,8-9,12H,7H2,1-2H3,(H,18,19). The van der Waals surface area contributed by atoms with E-state index in [-0.39, 0.29) is 18.1 Å². The normalized spacial score (nSPS) is 12.8. The van der Waals surface area contributed by atoms with Crippen LogP contribution in [0.3, 0.4) is 0 Å². The van der Waals surface area contributed by atoms with E-state index in [1.807, 2.05) is 13.8 Å². The van der Waals surface area contributed by atoms with Crippen molar-refractivity contribution >= 4 is 39.6 Å². The Morgan fingerprint density at radius 3 is 2.37 bits per heavy atom. The Kier molecular flexibility index (Phi) is 5.89. The lowest BCUT2D eigenvalue weighted by molar-refractivity contribution is -0.143. The van der Waals surface area contributed by atoms with Crippen molar-refractivity contribution in [3.8, 4) is 0 Å². The van der Waals surface area contributed by atoms with E-state index in [0.29, 0.717) is 5.69 Å². The van der Waals surface area contributed by atoms with Crippen molar-refractivity contribution in [3.05, 3.63) is 28.7 Å². The minimum atomic E-state index is -1.17. The maximum Gasteiger partial charge on any atom is 0.319 e. The fourth-order valence-corrected chi connectivity index (χ4v) is 1.77. The number of nitrogens with zero attached hydrogens (tertiary/aromatic N) is 1. The summed E-state index contributed by atoms with van der Waals surface area (Å²) in [6, 6.07) is 7.09. The minimum Gasteiger partial charge on any atom is -0.480 e. The zero-order chi connectivity index (χ0) is 14.4. The van der Waals surface area contributed by atoms with E-state index < -0.39 is 11.9 Å². The summed E-state index contributed by atoms with van der Waals surface area (Å²) >= 11 is 3.30. The molecule has 4 nitrogen and oxygen atoms in total. The molecule has 0 amide bonds. The summed E-state index contributed by atoms with van der Waals surface area (Å²) in [7, 11) is 0. The van der Waals surface area contributed by atoms with Crippen LogP contribution in [0.4, 0.5) is 5.69 Å². The van der Waals surface area contributed by atoms with E-state index in [9.17, 15) is 9.59 Å². The third-order valence-electron chi connectivity index (χ3n) is 2.42. The highest BCUT2D eigenvalue weighted by atomic mass is 79.9. The zero-order valence-corrected chi connectivity index (χ0v) is 12.4. The number of hydrogen-bond donors (Lipinski definition) is 1. The van der Waals surface area contributed by atoms with E-state index in [0.717, 1.165) is 4.47 Å². The Hall–Kier alpha value is -1.49. The molecule has 0 aromatic heterocycles. The van der Waals surface area contributed by atoms with Gasteiger partial charge in [0.05, 0.1) is 5.69 Å². The van der Waals surface area contributed by atoms with Crippen molar-refractivity contribution in [1.82, 2.24) is 0 Å². The van der Waals surface area contributed by atoms with Crippen molar-refractivity contribution in [1.29, 1.82) is 0 Å². The van der Waals surface area contributed by atoms with Crippen LogP contribution in [0.5, 0.6) is 0 Å². The number of rotatable bonds is 6. The molecule has 0 radical (unpaired) electrons. The molecule has 1 aromatic carbocycles. The summed E-state index contributed by atoms with van der Waals surface area (Å²) in [6.45, 7) is 3.76. The van der Waals surface area contributed by atoms with Gasteiger partial charge in [-0.25, -0.2) is 0 Å². The first-order valence-corrected chi connectivity index (χ1v) is 6.74. The second kappa shape index (κ2) is 7.19. The molecule has 1 unspecified atom stereocenters. The second-order valence-electron chi connectivity index (χ2n) is 4.63. The van der Waals surface area contributed by atoms with Gasteiger partial charge in [-0.2, -0.15) is 0 Å². The second-order valence-corrected chi connectivity index (χ2v) is 5.55. The number of aliphatic carboxylic acids is 1. The number of benzene rings is 1. The molecule has 1 rings (SSSR count). The molecular weight excluding hydrogens is 310 g/mol. The van der Waals surface area contributed by atoms with Crippen molar-refractivity contribution in [2.75, 3.05) is 0 Å². The lowest BCUT2D eigenvalue weighted by Crippen LogP contribution is -2.26. The summed E-state index contributed by atoms with van der Waals surface area (Å²) < 4.78 is 0.914. The lowest BCUT2D eigenvalue weighted by atomic mass is 9.97. The Bertz CT molecular complexity index is 480. The van der Waals surface area contributed by atoms with E-state index in [2.05, 4.69) is 20.9 Å². The largest absolute Gasteiger partial charge is 0.480 e. The van der Waals surface area contributed by atoms with Gasteiger partial charge in [0.15, 0.2) is 11.7 Å². The van der Waals surface area contributed by atoms with Crippen LogP contribution in [-0.4, -0.2) is 23.1 Å². The van der Waals surface area contributed by atoms with E-state index in [1.54, 1.807) is 24.3 Å². The molecule has 0 aliphatic carbocycles. The number of aliphatic imine (C=N–C) groups is 1. The first kappa shape index (κ1) is 15.6. The van der Waals surface area contributed by atoms with Gasteiger partial charge in [0, 0.05) is 17.1 Å². The number of halogens is 1. The molecule has 1 atom stereocenters. The van der Waals surface area contributed by atoms with Crippen LogP contribution < -0.4 is 0 Å². The van der Waals surface area contributed by atoms with Crippen molar-refractivity contribution in [2.24, 2.45) is 16.8 Å². The first-order chi connectivity index (χ1) is 8.90. The third-order valence-corrected chi connectivity index (χ3v) is 2.95. The van der Waals surface area contributed by atoms with Crippen LogP contribution in [0.2, 0.25) is 0 Å². The van der Waals surface area contributed by atoms with E-state index >= 15 is 0 Å². The summed E-state index contributed by atoms with van der Waals surface area (Å²) in [5.41, 5.74) is 0.617. The van der Waals surface area contributed by atoms with Gasteiger partial charge in [-0.1, -0.05) is 29.8 Å². The number of ketones is 1. The first-order valence-electron chi connectivity index (χ1n) is 5.95. The van der Waals surface area contributed by atoms with Crippen LogP contribution in [0, 0.1) is 11.8 Å². The molecule has 102 valence electrons. The quantitative estimate of drug-likeness (QED) is 0.643. The van der Waals surface area contributed by atoms with Gasteiger partial charge < -0.3 is 5.11 Å². The molecule has 0 fully saturated rings. The highest BCUT2D eigenvalue weighted by molar-refractivity contribution is 9.10.